The van der Waals surface area contributed by atoms with Crippen LogP contribution in [-0.2, 0) is 6.54 Å². The first-order chi connectivity index (χ1) is 13.2. The molecule has 3 aromatic rings. The van der Waals surface area contributed by atoms with E-state index in [0.29, 0.717) is 29.3 Å². The summed E-state index contributed by atoms with van der Waals surface area (Å²) in [6.07, 6.45) is 5.51. The van der Waals surface area contributed by atoms with Crippen molar-refractivity contribution in [2.45, 2.75) is 32.4 Å². The van der Waals surface area contributed by atoms with Gasteiger partial charge in [0.05, 0.1) is 17.8 Å². The lowest BCUT2D eigenvalue weighted by Gasteiger charge is -2.32. The number of hydrogen-bond acceptors (Lipinski definition) is 6. The monoisotopic (exact) mass is 386 g/mol. The summed E-state index contributed by atoms with van der Waals surface area (Å²) in [6.45, 7) is 5.52. The van der Waals surface area contributed by atoms with Gasteiger partial charge in [-0.05, 0) is 43.5 Å². The lowest BCUT2D eigenvalue weighted by molar-refractivity contribution is 0.210. The Balaban J connectivity index is 1.31. The predicted molar refractivity (Wildman–Crippen MR) is 106 cm³/mol. The SMILES string of the molecule is CCOc1cc(CN2CCC(Nc3nc4ccncc4o3)CC2)ccc1Cl. The van der Waals surface area contributed by atoms with Crippen molar-refractivity contribution in [1.29, 1.82) is 0 Å². The fourth-order valence-electron chi connectivity index (χ4n) is 3.42. The molecular weight excluding hydrogens is 364 g/mol. The second-order valence-electron chi connectivity index (χ2n) is 6.75. The smallest absolute Gasteiger partial charge is 0.295 e. The van der Waals surface area contributed by atoms with Gasteiger partial charge in [-0.1, -0.05) is 17.7 Å². The van der Waals surface area contributed by atoms with Crippen LogP contribution in [0.15, 0.2) is 41.1 Å². The van der Waals surface area contributed by atoms with E-state index in [1.165, 1.54) is 5.56 Å². The van der Waals surface area contributed by atoms with Crippen LogP contribution < -0.4 is 10.1 Å². The van der Waals surface area contributed by atoms with Crippen molar-refractivity contribution in [1.82, 2.24) is 14.9 Å². The molecule has 0 spiro atoms. The van der Waals surface area contributed by atoms with Gasteiger partial charge in [0.15, 0.2) is 5.58 Å². The number of ether oxygens (including phenoxy) is 1. The first-order valence-electron chi connectivity index (χ1n) is 9.32. The Morgan fingerprint density at radius 2 is 2.15 bits per heavy atom. The molecule has 4 rings (SSSR count). The van der Waals surface area contributed by atoms with Crippen molar-refractivity contribution in [3.8, 4) is 5.75 Å². The van der Waals surface area contributed by atoms with E-state index in [4.69, 9.17) is 20.8 Å². The Morgan fingerprint density at radius 1 is 1.30 bits per heavy atom. The minimum atomic E-state index is 0.367. The van der Waals surface area contributed by atoms with Crippen LogP contribution in [0.5, 0.6) is 5.75 Å². The van der Waals surface area contributed by atoms with Crippen LogP contribution in [0.1, 0.15) is 25.3 Å². The highest BCUT2D eigenvalue weighted by Gasteiger charge is 2.21. The first kappa shape index (κ1) is 18.1. The van der Waals surface area contributed by atoms with Gasteiger partial charge < -0.3 is 14.5 Å². The fraction of sp³-hybridized carbons (Fsp3) is 0.400. The summed E-state index contributed by atoms with van der Waals surface area (Å²) in [4.78, 5) is 11.0. The molecule has 0 atom stereocenters. The number of nitrogens with one attached hydrogen (secondary N) is 1. The Morgan fingerprint density at radius 3 is 2.93 bits per heavy atom. The number of fused-ring (bicyclic) bond motifs is 1. The van der Waals surface area contributed by atoms with E-state index in [2.05, 4.69) is 26.3 Å². The molecule has 7 heteroatoms. The van der Waals surface area contributed by atoms with E-state index in [1.807, 2.05) is 25.1 Å². The quantitative estimate of drug-likeness (QED) is 0.679. The zero-order chi connectivity index (χ0) is 18.6. The molecule has 27 heavy (non-hydrogen) atoms. The number of pyridine rings is 1. The van der Waals surface area contributed by atoms with Gasteiger partial charge in [0.1, 0.15) is 11.3 Å². The fourth-order valence-corrected chi connectivity index (χ4v) is 3.59. The molecule has 3 heterocycles. The van der Waals surface area contributed by atoms with Crippen LogP contribution in [0.2, 0.25) is 5.02 Å². The van der Waals surface area contributed by atoms with Crippen molar-refractivity contribution in [2.75, 3.05) is 25.0 Å². The lowest BCUT2D eigenvalue weighted by Crippen LogP contribution is -2.38. The van der Waals surface area contributed by atoms with Gasteiger partial charge >= 0.3 is 0 Å². The summed E-state index contributed by atoms with van der Waals surface area (Å²) < 4.78 is 11.3. The molecule has 0 unspecified atom stereocenters. The van der Waals surface area contributed by atoms with Gasteiger partial charge in [0.25, 0.3) is 6.01 Å². The number of nitrogens with zero attached hydrogens (tertiary/aromatic N) is 3. The lowest BCUT2D eigenvalue weighted by atomic mass is 10.0. The molecule has 1 N–H and O–H groups in total. The number of halogens is 1. The van der Waals surface area contributed by atoms with Crippen molar-refractivity contribution < 1.29 is 9.15 Å². The summed E-state index contributed by atoms with van der Waals surface area (Å²) in [6, 6.07) is 8.83. The Hall–Kier alpha value is -2.31. The number of oxazole rings is 1. The number of benzene rings is 1. The molecule has 0 amide bonds. The molecule has 0 saturated carbocycles. The zero-order valence-corrected chi connectivity index (χ0v) is 16.1. The van der Waals surface area contributed by atoms with Crippen LogP contribution in [0.4, 0.5) is 6.01 Å². The highest BCUT2D eigenvalue weighted by atomic mass is 35.5. The highest BCUT2D eigenvalue weighted by Crippen LogP contribution is 2.27. The number of anilines is 1. The summed E-state index contributed by atoms with van der Waals surface area (Å²) in [7, 11) is 0. The van der Waals surface area contributed by atoms with Crippen molar-refractivity contribution in [2.24, 2.45) is 0 Å². The van der Waals surface area contributed by atoms with Gasteiger partial charge in [-0.25, -0.2) is 0 Å². The minimum absolute atomic E-state index is 0.367. The van der Waals surface area contributed by atoms with E-state index >= 15 is 0 Å². The van der Waals surface area contributed by atoms with E-state index in [-0.39, 0.29) is 0 Å². The summed E-state index contributed by atoms with van der Waals surface area (Å²) in [5.41, 5.74) is 2.77. The number of piperidine rings is 1. The maximum absolute atomic E-state index is 6.18. The van der Waals surface area contributed by atoms with E-state index in [1.54, 1.807) is 12.4 Å². The van der Waals surface area contributed by atoms with Crippen LogP contribution in [-0.4, -0.2) is 40.6 Å². The van der Waals surface area contributed by atoms with Gasteiger partial charge in [-0.3, -0.25) is 9.88 Å². The number of aromatic nitrogens is 2. The maximum Gasteiger partial charge on any atom is 0.295 e. The summed E-state index contributed by atoms with van der Waals surface area (Å²) in [5.74, 6) is 0.763. The maximum atomic E-state index is 6.18. The second kappa shape index (κ2) is 8.15. The normalized spacial score (nSPS) is 15.9. The largest absolute Gasteiger partial charge is 0.492 e. The van der Waals surface area contributed by atoms with Crippen LogP contribution >= 0.6 is 11.6 Å². The molecule has 1 aromatic carbocycles. The minimum Gasteiger partial charge on any atom is -0.492 e. The molecular formula is C20H23ClN4O2. The highest BCUT2D eigenvalue weighted by molar-refractivity contribution is 6.32. The Bertz CT molecular complexity index is 873. The predicted octanol–water partition coefficient (Wildman–Crippen LogP) is 4.35. The van der Waals surface area contributed by atoms with E-state index in [9.17, 15) is 0 Å². The van der Waals surface area contributed by atoms with Gasteiger partial charge in [0, 0.05) is 31.9 Å². The third-order valence-electron chi connectivity index (χ3n) is 4.81. The summed E-state index contributed by atoms with van der Waals surface area (Å²) >= 11 is 6.18. The van der Waals surface area contributed by atoms with Gasteiger partial charge in [-0.15, -0.1) is 0 Å². The molecule has 1 aliphatic heterocycles. The van der Waals surface area contributed by atoms with Crippen LogP contribution in [0, 0.1) is 0 Å². The van der Waals surface area contributed by atoms with Crippen molar-refractivity contribution in [3.63, 3.8) is 0 Å². The van der Waals surface area contributed by atoms with Crippen LogP contribution in [0.25, 0.3) is 11.1 Å². The Labute approximate surface area is 163 Å². The van der Waals surface area contributed by atoms with Gasteiger partial charge in [-0.2, -0.15) is 4.98 Å². The van der Waals surface area contributed by atoms with Crippen LogP contribution in [0.3, 0.4) is 0 Å². The number of likely N-dealkylation sites (tertiary alicyclic amines) is 1. The van der Waals surface area contributed by atoms with Gasteiger partial charge in [0.2, 0.25) is 0 Å². The number of rotatable bonds is 6. The zero-order valence-electron chi connectivity index (χ0n) is 15.3. The summed E-state index contributed by atoms with van der Waals surface area (Å²) in [5, 5.41) is 4.08. The average Bonchev–Trinajstić information content (AvgIpc) is 3.08. The van der Waals surface area contributed by atoms with E-state index < -0.39 is 0 Å². The standard InChI is InChI=1S/C20H23ClN4O2/c1-2-26-18-11-14(3-4-16(18)21)13-25-9-6-15(7-10-25)23-20-24-17-5-8-22-12-19(17)27-20/h3-5,8,11-12,15H,2,6-7,9-10,13H2,1H3,(H,23,24). The molecule has 1 saturated heterocycles. The average molecular weight is 387 g/mol. The molecule has 142 valence electrons. The molecule has 0 aliphatic carbocycles. The van der Waals surface area contributed by atoms with Crippen molar-refractivity contribution in [3.05, 3.63) is 47.2 Å². The topological polar surface area (TPSA) is 63.4 Å². The molecule has 1 fully saturated rings. The van der Waals surface area contributed by atoms with Crippen molar-refractivity contribution >= 4 is 28.7 Å². The third kappa shape index (κ3) is 4.34. The molecule has 2 aromatic heterocycles. The second-order valence-corrected chi connectivity index (χ2v) is 7.16. The first-order valence-corrected chi connectivity index (χ1v) is 9.69. The van der Waals surface area contributed by atoms with E-state index in [0.717, 1.165) is 43.7 Å². The molecule has 1 aliphatic rings. The third-order valence-corrected chi connectivity index (χ3v) is 5.12. The molecule has 0 radical (unpaired) electrons. The Kier molecular flexibility index (Phi) is 5.45. The number of hydrogen-bond donors (Lipinski definition) is 1. The molecule has 0 bridgehead atoms. The molecule has 6 nitrogen and oxygen atoms in total.